The molecule has 1 rings (SSSR count). The maximum absolute atomic E-state index is 11.2. The molecule has 0 atom stereocenters. The van der Waals surface area contributed by atoms with Crippen molar-refractivity contribution in [3.05, 3.63) is 0 Å². The van der Waals surface area contributed by atoms with Gasteiger partial charge in [-0.15, -0.1) is 0 Å². The lowest BCUT2D eigenvalue weighted by molar-refractivity contribution is 0.358. The van der Waals surface area contributed by atoms with Crippen molar-refractivity contribution in [2.45, 2.75) is 26.7 Å². The van der Waals surface area contributed by atoms with Gasteiger partial charge in [0.2, 0.25) is 10.0 Å². The van der Waals surface area contributed by atoms with E-state index in [2.05, 4.69) is 18.6 Å². The van der Waals surface area contributed by atoms with Gasteiger partial charge in [0.05, 0.1) is 6.07 Å². The molecule has 1 aliphatic carbocycles. The first kappa shape index (κ1) is 11.5. The summed E-state index contributed by atoms with van der Waals surface area (Å²) in [4.78, 5) is 0. The van der Waals surface area contributed by atoms with Crippen LogP contribution in [0.25, 0.3) is 0 Å². The van der Waals surface area contributed by atoms with Crippen molar-refractivity contribution in [3.8, 4) is 6.07 Å². The van der Waals surface area contributed by atoms with Gasteiger partial charge in [-0.2, -0.15) is 5.26 Å². The monoisotopic (exact) mass is 216 g/mol. The average Bonchev–Trinajstić information content (AvgIpc) is 2.81. The number of nitrogens with zero attached hydrogens (tertiary/aromatic N) is 1. The normalized spacial score (nSPS) is 19.3. The quantitative estimate of drug-likeness (QED) is 0.741. The Hall–Kier alpha value is -0.600. The van der Waals surface area contributed by atoms with Crippen LogP contribution in [0.1, 0.15) is 26.7 Å². The lowest BCUT2D eigenvalue weighted by atomic mass is 9.93. The molecule has 4 nitrogen and oxygen atoms in total. The first-order valence-corrected chi connectivity index (χ1v) is 6.41. The van der Waals surface area contributed by atoms with E-state index in [1.165, 1.54) is 0 Å². The Morgan fingerprint density at radius 2 is 2.07 bits per heavy atom. The number of hydrogen-bond acceptors (Lipinski definition) is 3. The molecule has 0 aromatic carbocycles. The number of hydrogen-bond donors (Lipinski definition) is 1. The van der Waals surface area contributed by atoms with Crippen LogP contribution in [-0.4, -0.2) is 20.7 Å². The predicted molar refractivity (Wildman–Crippen MR) is 53.9 cm³/mol. The molecule has 1 saturated carbocycles. The highest BCUT2D eigenvalue weighted by Gasteiger charge is 2.45. The minimum Gasteiger partial charge on any atom is -0.214 e. The molecule has 0 bridgehead atoms. The number of sulfonamides is 1. The Morgan fingerprint density at radius 3 is 2.43 bits per heavy atom. The molecule has 1 aliphatic rings. The molecule has 1 fully saturated rings. The van der Waals surface area contributed by atoms with Crippen LogP contribution in [0.4, 0.5) is 0 Å². The number of nitrogens with one attached hydrogen (secondary N) is 1. The summed E-state index contributed by atoms with van der Waals surface area (Å²) in [6, 6.07) is 1.64. The first-order chi connectivity index (χ1) is 6.42. The van der Waals surface area contributed by atoms with Crippen molar-refractivity contribution < 1.29 is 8.42 Å². The zero-order chi connectivity index (χ0) is 10.8. The van der Waals surface area contributed by atoms with E-state index >= 15 is 0 Å². The third-order valence-electron chi connectivity index (χ3n) is 3.02. The van der Waals surface area contributed by atoms with Gasteiger partial charge in [0.15, 0.2) is 5.75 Å². The second kappa shape index (κ2) is 3.87. The fraction of sp³-hybridized carbons (Fsp3) is 0.889. The highest BCUT2D eigenvalue weighted by Crippen LogP contribution is 2.51. The molecule has 0 unspecified atom stereocenters. The SMILES string of the molecule is CC(C)C1(CNS(=O)(=O)CC#N)CC1. The van der Waals surface area contributed by atoms with Crippen LogP contribution in [0.2, 0.25) is 0 Å². The van der Waals surface area contributed by atoms with E-state index in [1.807, 2.05) is 0 Å². The van der Waals surface area contributed by atoms with Crippen molar-refractivity contribution in [1.29, 1.82) is 5.26 Å². The van der Waals surface area contributed by atoms with Crippen molar-refractivity contribution in [2.24, 2.45) is 11.3 Å². The first-order valence-electron chi connectivity index (χ1n) is 4.76. The largest absolute Gasteiger partial charge is 0.225 e. The van der Waals surface area contributed by atoms with Gasteiger partial charge in [0, 0.05) is 6.54 Å². The second-order valence-electron chi connectivity index (χ2n) is 4.26. The fourth-order valence-corrected chi connectivity index (χ4v) is 2.29. The molecule has 0 saturated heterocycles. The van der Waals surface area contributed by atoms with E-state index in [0.717, 1.165) is 12.8 Å². The summed E-state index contributed by atoms with van der Waals surface area (Å²) in [5.41, 5.74) is 0.155. The molecule has 5 heteroatoms. The number of nitriles is 1. The van der Waals surface area contributed by atoms with E-state index in [0.29, 0.717) is 12.5 Å². The molecule has 0 heterocycles. The highest BCUT2D eigenvalue weighted by molar-refractivity contribution is 7.89. The van der Waals surface area contributed by atoms with E-state index in [1.54, 1.807) is 6.07 Å². The van der Waals surface area contributed by atoms with E-state index in [-0.39, 0.29) is 5.41 Å². The summed E-state index contributed by atoms with van der Waals surface area (Å²) in [6.07, 6.45) is 2.17. The molecule has 0 amide bonds. The lowest BCUT2D eigenvalue weighted by Crippen LogP contribution is -2.33. The molecular weight excluding hydrogens is 200 g/mol. The van der Waals surface area contributed by atoms with E-state index in [4.69, 9.17) is 5.26 Å². The van der Waals surface area contributed by atoms with Gasteiger partial charge in [0.25, 0.3) is 0 Å². The molecule has 80 valence electrons. The summed E-state index contributed by atoms with van der Waals surface area (Å²) >= 11 is 0. The lowest BCUT2D eigenvalue weighted by Gasteiger charge is -2.19. The Bertz CT molecular complexity index is 336. The minimum absolute atomic E-state index is 0.155. The minimum atomic E-state index is -3.37. The topological polar surface area (TPSA) is 70.0 Å². The van der Waals surface area contributed by atoms with Gasteiger partial charge in [-0.05, 0) is 24.2 Å². The van der Waals surface area contributed by atoms with Gasteiger partial charge in [-0.3, -0.25) is 0 Å². The Labute approximate surface area is 85.4 Å². The Kier molecular flexibility index (Phi) is 3.17. The van der Waals surface area contributed by atoms with Gasteiger partial charge in [-0.25, -0.2) is 13.1 Å². The summed E-state index contributed by atoms with van der Waals surface area (Å²) < 4.78 is 24.9. The molecule has 0 radical (unpaired) electrons. The van der Waals surface area contributed by atoms with Crippen molar-refractivity contribution in [1.82, 2.24) is 4.72 Å². The molecule has 14 heavy (non-hydrogen) atoms. The summed E-state index contributed by atoms with van der Waals surface area (Å²) in [5, 5.41) is 8.29. The standard InChI is InChI=1S/C9H16N2O2S/c1-8(2)9(3-4-9)7-11-14(12,13)6-5-10/h8,11H,3-4,6-7H2,1-2H3. The highest BCUT2D eigenvalue weighted by atomic mass is 32.2. The second-order valence-corrected chi connectivity index (χ2v) is 6.06. The van der Waals surface area contributed by atoms with Crippen molar-refractivity contribution >= 4 is 10.0 Å². The maximum Gasteiger partial charge on any atom is 0.225 e. The van der Waals surface area contributed by atoms with Crippen LogP contribution in [-0.2, 0) is 10.0 Å². The van der Waals surface area contributed by atoms with Crippen LogP contribution < -0.4 is 4.72 Å². The smallest absolute Gasteiger partial charge is 0.214 e. The molecule has 0 spiro atoms. The summed E-state index contributed by atoms with van der Waals surface area (Å²) in [7, 11) is -3.37. The van der Waals surface area contributed by atoms with Gasteiger partial charge < -0.3 is 0 Å². The molecule has 0 aromatic heterocycles. The average molecular weight is 216 g/mol. The van der Waals surface area contributed by atoms with Gasteiger partial charge in [0.1, 0.15) is 0 Å². The van der Waals surface area contributed by atoms with Crippen LogP contribution in [0.15, 0.2) is 0 Å². The third-order valence-corrected chi connectivity index (χ3v) is 4.11. The van der Waals surface area contributed by atoms with Crippen LogP contribution >= 0.6 is 0 Å². The Balaban J connectivity index is 2.46. The fourth-order valence-electron chi connectivity index (χ4n) is 1.51. The summed E-state index contributed by atoms with van der Waals surface area (Å²) in [6.45, 7) is 4.69. The summed E-state index contributed by atoms with van der Waals surface area (Å²) in [5.74, 6) is 0.0496. The van der Waals surface area contributed by atoms with Crippen LogP contribution in [0.3, 0.4) is 0 Å². The number of rotatable bonds is 5. The molecular formula is C9H16N2O2S. The van der Waals surface area contributed by atoms with Crippen LogP contribution in [0, 0.1) is 22.7 Å². The van der Waals surface area contributed by atoms with Gasteiger partial charge in [-0.1, -0.05) is 13.8 Å². The zero-order valence-corrected chi connectivity index (χ0v) is 9.39. The maximum atomic E-state index is 11.2. The third kappa shape index (κ3) is 2.69. The van der Waals surface area contributed by atoms with E-state index in [9.17, 15) is 8.42 Å². The Morgan fingerprint density at radius 1 is 1.50 bits per heavy atom. The molecule has 0 aliphatic heterocycles. The van der Waals surface area contributed by atoms with Gasteiger partial charge >= 0.3 is 0 Å². The molecule has 1 N–H and O–H groups in total. The molecule has 0 aromatic rings. The predicted octanol–water partition coefficient (Wildman–Crippen LogP) is 0.866. The zero-order valence-electron chi connectivity index (χ0n) is 8.58. The van der Waals surface area contributed by atoms with Crippen LogP contribution in [0.5, 0.6) is 0 Å². The van der Waals surface area contributed by atoms with Crippen molar-refractivity contribution in [3.63, 3.8) is 0 Å². The van der Waals surface area contributed by atoms with Crippen molar-refractivity contribution in [2.75, 3.05) is 12.3 Å². The van der Waals surface area contributed by atoms with E-state index < -0.39 is 15.8 Å².